The minimum absolute atomic E-state index is 0.407. The van der Waals surface area contributed by atoms with Gasteiger partial charge in [-0.3, -0.25) is 0 Å². The fourth-order valence-electron chi connectivity index (χ4n) is 0.624. The van der Waals surface area contributed by atoms with Crippen LogP contribution in [-0.2, 0) is 0 Å². The van der Waals surface area contributed by atoms with Crippen molar-refractivity contribution in [3.63, 3.8) is 0 Å². The lowest BCUT2D eigenvalue weighted by Gasteiger charge is -1.92. The van der Waals surface area contributed by atoms with E-state index in [-0.39, 0.29) is 0 Å². The predicted octanol–water partition coefficient (Wildman–Crippen LogP) is 1.10. The number of hydrogen-bond donors (Lipinski definition) is 1. The maximum absolute atomic E-state index is 8.11. The molecule has 4 nitrogen and oxygen atoms in total. The molecule has 54 valence electrons. The van der Waals surface area contributed by atoms with Crippen LogP contribution in [0.5, 0.6) is 5.75 Å². The zero-order valence-electron chi connectivity index (χ0n) is 5.44. The molecule has 0 aliphatic carbocycles. The highest BCUT2D eigenvalue weighted by Crippen LogP contribution is 2.16. The van der Waals surface area contributed by atoms with Gasteiger partial charge < -0.3 is 14.4 Å². The molecule has 1 heterocycles. The van der Waals surface area contributed by atoms with Crippen molar-refractivity contribution in [1.82, 2.24) is 0 Å². The maximum Gasteiger partial charge on any atom is 0.190 e. The van der Waals surface area contributed by atoms with E-state index in [2.05, 4.69) is 5.16 Å². The molecule has 0 atom stereocenters. The van der Waals surface area contributed by atoms with Crippen LogP contribution in [0.3, 0.4) is 0 Å². The van der Waals surface area contributed by atoms with Crippen molar-refractivity contribution >= 4 is 6.21 Å². The summed E-state index contributed by atoms with van der Waals surface area (Å²) in [4.78, 5) is 0. The molecule has 0 saturated heterocycles. The first-order valence-electron chi connectivity index (χ1n) is 2.67. The third-order valence-corrected chi connectivity index (χ3v) is 1.05. The van der Waals surface area contributed by atoms with Crippen LogP contribution in [0.15, 0.2) is 21.9 Å². The Morgan fingerprint density at radius 1 is 1.80 bits per heavy atom. The van der Waals surface area contributed by atoms with Crippen molar-refractivity contribution in [2.24, 2.45) is 5.16 Å². The molecule has 0 radical (unpaired) electrons. The van der Waals surface area contributed by atoms with Gasteiger partial charge in [-0.1, -0.05) is 5.16 Å². The first kappa shape index (κ1) is 6.67. The van der Waals surface area contributed by atoms with Crippen molar-refractivity contribution in [2.75, 3.05) is 7.11 Å². The Hall–Kier alpha value is -1.45. The summed E-state index contributed by atoms with van der Waals surface area (Å²) >= 11 is 0. The second-order valence-electron chi connectivity index (χ2n) is 1.60. The molecule has 1 aromatic heterocycles. The minimum Gasteiger partial charge on any atom is -0.493 e. The molecule has 0 aliphatic rings. The maximum atomic E-state index is 8.11. The van der Waals surface area contributed by atoms with Gasteiger partial charge in [-0.15, -0.1) is 0 Å². The number of methoxy groups -OCH3 is 1. The topological polar surface area (TPSA) is 55.0 Å². The highest BCUT2D eigenvalue weighted by atomic mass is 16.5. The van der Waals surface area contributed by atoms with E-state index >= 15 is 0 Å². The summed E-state index contributed by atoms with van der Waals surface area (Å²) in [7, 11) is 1.51. The lowest BCUT2D eigenvalue weighted by atomic mass is 10.4. The summed E-state index contributed by atoms with van der Waals surface area (Å²) in [5, 5.41) is 10.9. The van der Waals surface area contributed by atoms with Gasteiger partial charge >= 0.3 is 0 Å². The molecule has 10 heavy (non-hydrogen) atoms. The van der Waals surface area contributed by atoms with Crippen LogP contribution in [0.25, 0.3) is 0 Å². The molecule has 0 bridgehead atoms. The molecule has 0 aliphatic heterocycles. The Labute approximate surface area is 57.7 Å². The third kappa shape index (κ3) is 1.10. The normalized spacial score (nSPS) is 10.5. The molecule has 0 fully saturated rings. The molecular formula is C6H7NO3. The van der Waals surface area contributed by atoms with Crippen molar-refractivity contribution in [3.8, 4) is 5.75 Å². The van der Waals surface area contributed by atoms with Gasteiger partial charge in [-0.05, 0) is 0 Å². The zero-order valence-corrected chi connectivity index (χ0v) is 5.44. The van der Waals surface area contributed by atoms with E-state index in [4.69, 9.17) is 14.4 Å². The van der Waals surface area contributed by atoms with Gasteiger partial charge in [-0.2, -0.15) is 0 Å². The molecule has 0 saturated carbocycles. The Morgan fingerprint density at radius 3 is 3.20 bits per heavy atom. The SMILES string of the molecule is COc1ccoc1C=NO. The average Bonchev–Trinajstić information content (AvgIpc) is 2.36. The largest absolute Gasteiger partial charge is 0.493 e. The van der Waals surface area contributed by atoms with Gasteiger partial charge in [-0.25, -0.2) is 0 Å². The average molecular weight is 141 g/mol. The van der Waals surface area contributed by atoms with Gasteiger partial charge in [0.25, 0.3) is 0 Å². The number of ether oxygens (including phenoxy) is 1. The van der Waals surface area contributed by atoms with Crippen LogP contribution < -0.4 is 4.74 Å². The minimum atomic E-state index is 0.407. The van der Waals surface area contributed by atoms with Crippen molar-refractivity contribution in [3.05, 3.63) is 18.1 Å². The molecule has 0 aromatic carbocycles. The highest BCUT2D eigenvalue weighted by Gasteiger charge is 2.01. The monoisotopic (exact) mass is 141 g/mol. The summed E-state index contributed by atoms with van der Waals surface area (Å²) in [6, 6.07) is 1.64. The van der Waals surface area contributed by atoms with E-state index in [1.165, 1.54) is 19.6 Å². The van der Waals surface area contributed by atoms with Crippen LogP contribution in [-0.4, -0.2) is 18.5 Å². The fraction of sp³-hybridized carbons (Fsp3) is 0.167. The van der Waals surface area contributed by atoms with Crippen LogP contribution in [0.4, 0.5) is 0 Å². The van der Waals surface area contributed by atoms with Crippen LogP contribution in [0.2, 0.25) is 0 Å². The van der Waals surface area contributed by atoms with Crippen LogP contribution in [0.1, 0.15) is 5.76 Å². The molecular weight excluding hydrogens is 134 g/mol. The smallest absolute Gasteiger partial charge is 0.190 e. The third-order valence-electron chi connectivity index (χ3n) is 1.05. The van der Waals surface area contributed by atoms with Gasteiger partial charge in [0.05, 0.1) is 13.4 Å². The summed E-state index contributed by atoms with van der Waals surface area (Å²) in [5.74, 6) is 0.961. The summed E-state index contributed by atoms with van der Waals surface area (Å²) in [5.41, 5.74) is 0. The lowest BCUT2D eigenvalue weighted by molar-refractivity contribution is 0.320. The first-order chi connectivity index (χ1) is 4.88. The number of oxime groups is 1. The second kappa shape index (κ2) is 2.91. The van der Waals surface area contributed by atoms with Crippen molar-refractivity contribution in [1.29, 1.82) is 0 Å². The molecule has 0 spiro atoms. The highest BCUT2D eigenvalue weighted by molar-refractivity contribution is 5.79. The number of furan rings is 1. The lowest BCUT2D eigenvalue weighted by Crippen LogP contribution is -1.84. The molecule has 0 amide bonds. The number of hydrogen-bond acceptors (Lipinski definition) is 4. The van der Waals surface area contributed by atoms with E-state index in [0.29, 0.717) is 11.5 Å². The van der Waals surface area contributed by atoms with E-state index in [1.54, 1.807) is 6.07 Å². The van der Waals surface area contributed by atoms with Crippen molar-refractivity contribution in [2.45, 2.75) is 0 Å². The van der Waals surface area contributed by atoms with E-state index < -0.39 is 0 Å². The van der Waals surface area contributed by atoms with E-state index in [1.807, 2.05) is 0 Å². The molecule has 0 unspecified atom stereocenters. The number of nitrogens with zero attached hydrogens (tertiary/aromatic N) is 1. The Kier molecular flexibility index (Phi) is 1.94. The van der Waals surface area contributed by atoms with E-state index in [0.717, 1.165) is 0 Å². The Morgan fingerprint density at radius 2 is 2.60 bits per heavy atom. The fourth-order valence-corrected chi connectivity index (χ4v) is 0.624. The summed E-state index contributed by atoms with van der Waals surface area (Å²) in [6.07, 6.45) is 2.62. The molecule has 1 rings (SSSR count). The summed E-state index contributed by atoms with van der Waals surface area (Å²) < 4.78 is 9.70. The predicted molar refractivity (Wildman–Crippen MR) is 34.6 cm³/mol. The zero-order chi connectivity index (χ0) is 7.40. The Bertz CT molecular complexity index is 229. The van der Waals surface area contributed by atoms with Crippen molar-refractivity contribution < 1.29 is 14.4 Å². The standard InChI is InChI=1S/C6H7NO3/c1-9-5-2-3-10-6(5)4-7-8/h2-4,8H,1H3. The molecule has 4 heteroatoms. The van der Waals surface area contributed by atoms with Crippen LogP contribution >= 0.6 is 0 Å². The number of rotatable bonds is 2. The second-order valence-corrected chi connectivity index (χ2v) is 1.60. The van der Waals surface area contributed by atoms with Gasteiger partial charge in [0.15, 0.2) is 11.5 Å². The molecule has 1 N–H and O–H groups in total. The van der Waals surface area contributed by atoms with Gasteiger partial charge in [0, 0.05) is 6.07 Å². The van der Waals surface area contributed by atoms with Gasteiger partial charge in [0.1, 0.15) is 6.21 Å². The van der Waals surface area contributed by atoms with Gasteiger partial charge in [0.2, 0.25) is 0 Å². The molecule has 1 aromatic rings. The van der Waals surface area contributed by atoms with E-state index in [9.17, 15) is 0 Å². The van der Waals surface area contributed by atoms with Crippen LogP contribution in [0, 0.1) is 0 Å². The quantitative estimate of drug-likeness (QED) is 0.381. The Balaban J connectivity index is 2.90. The summed E-state index contributed by atoms with van der Waals surface area (Å²) in [6.45, 7) is 0. The first-order valence-corrected chi connectivity index (χ1v) is 2.67.